The Balaban J connectivity index is 1.78. The number of carbonyl (C=O) groups is 1. The SMILES string of the molecule is CC1(I)C2CCC1(C)C(OC(=O)c1ccncc1)C2. The Kier molecular flexibility index (Phi) is 3.11. The van der Waals surface area contributed by atoms with Crippen LogP contribution in [0.5, 0.6) is 0 Å². The van der Waals surface area contributed by atoms with E-state index in [9.17, 15) is 4.79 Å². The molecular weight excluding hydrogens is 353 g/mol. The molecule has 1 heterocycles. The molecule has 102 valence electrons. The molecule has 2 bridgehead atoms. The number of carbonyl (C=O) groups excluding carboxylic acids is 1. The maximum Gasteiger partial charge on any atom is 0.338 e. The molecular formula is C15H18INO2. The Labute approximate surface area is 127 Å². The lowest BCUT2D eigenvalue weighted by Crippen LogP contribution is -2.40. The average Bonchev–Trinajstić information content (AvgIpc) is 2.73. The minimum atomic E-state index is -0.214. The lowest BCUT2D eigenvalue weighted by molar-refractivity contribution is -0.00851. The van der Waals surface area contributed by atoms with Gasteiger partial charge in [0.25, 0.3) is 0 Å². The van der Waals surface area contributed by atoms with E-state index < -0.39 is 0 Å². The molecule has 0 aromatic carbocycles. The van der Waals surface area contributed by atoms with Crippen LogP contribution >= 0.6 is 22.6 Å². The second-order valence-corrected chi connectivity index (χ2v) is 8.34. The number of fused-ring (bicyclic) bond motifs is 2. The van der Waals surface area contributed by atoms with Gasteiger partial charge >= 0.3 is 5.97 Å². The molecule has 2 fully saturated rings. The van der Waals surface area contributed by atoms with Crippen molar-refractivity contribution in [1.29, 1.82) is 0 Å². The highest BCUT2D eigenvalue weighted by atomic mass is 127. The van der Waals surface area contributed by atoms with Crippen molar-refractivity contribution in [2.45, 2.75) is 42.6 Å². The molecule has 19 heavy (non-hydrogen) atoms. The van der Waals surface area contributed by atoms with E-state index >= 15 is 0 Å². The summed E-state index contributed by atoms with van der Waals surface area (Å²) < 4.78 is 6.04. The van der Waals surface area contributed by atoms with Crippen molar-refractivity contribution in [2.24, 2.45) is 11.3 Å². The first-order chi connectivity index (χ1) is 8.95. The van der Waals surface area contributed by atoms with Gasteiger partial charge in [0, 0.05) is 21.2 Å². The highest BCUT2D eigenvalue weighted by Gasteiger charge is 2.64. The third-order valence-electron chi connectivity index (χ3n) is 5.27. The number of rotatable bonds is 2. The Bertz CT molecular complexity index is 502. The molecule has 0 aliphatic heterocycles. The quantitative estimate of drug-likeness (QED) is 0.453. The number of esters is 1. The zero-order chi connectivity index (χ0) is 13.7. The molecule has 0 amide bonds. The van der Waals surface area contributed by atoms with E-state index in [0.717, 1.165) is 12.8 Å². The summed E-state index contributed by atoms with van der Waals surface area (Å²) in [5.41, 5.74) is 0.706. The largest absolute Gasteiger partial charge is 0.458 e. The lowest BCUT2D eigenvalue weighted by atomic mass is 9.79. The van der Waals surface area contributed by atoms with Crippen LogP contribution in [0.15, 0.2) is 24.5 Å². The average molecular weight is 371 g/mol. The van der Waals surface area contributed by atoms with Crippen molar-refractivity contribution in [3.8, 4) is 0 Å². The van der Waals surface area contributed by atoms with Crippen LogP contribution in [0, 0.1) is 11.3 Å². The Morgan fingerprint density at radius 1 is 1.42 bits per heavy atom. The van der Waals surface area contributed by atoms with Gasteiger partial charge < -0.3 is 4.74 Å². The van der Waals surface area contributed by atoms with Gasteiger partial charge in [-0.2, -0.15) is 0 Å². The van der Waals surface area contributed by atoms with Crippen molar-refractivity contribution in [3.63, 3.8) is 0 Å². The first-order valence-corrected chi connectivity index (χ1v) is 7.83. The van der Waals surface area contributed by atoms with Crippen molar-refractivity contribution in [1.82, 2.24) is 4.98 Å². The van der Waals surface area contributed by atoms with E-state index in [4.69, 9.17) is 4.74 Å². The van der Waals surface area contributed by atoms with E-state index in [2.05, 4.69) is 41.4 Å². The monoisotopic (exact) mass is 371 g/mol. The van der Waals surface area contributed by atoms with Gasteiger partial charge in [0.05, 0.1) is 5.56 Å². The smallest absolute Gasteiger partial charge is 0.338 e. The number of hydrogen-bond acceptors (Lipinski definition) is 3. The fourth-order valence-corrected chi connectivity index (χ4v) is 4.84. The molecule has 2 saturated carbocycles. The normalized spacial score (nSPS) is 40.4. The van der Waals surface area contributed by atoms with Crippen LogP contribution < -0.4 is 0 Å². The van der Waals surface area contributed by atoms with Gasteiger partial charge in [0.1, 0.15) is 6.10 Å². The number of halogens is 1. The number of pyridine rings is 1. The van der Waals surface area contributed by atoms with E-state index in [0.29, 0.717) is 11.5 Å². The highest BCUT2D eigenvalue weighted by Crippen LogP contribution is 2.65. The first-order valence-electron chi connectivity index (χ1n) is 6.75. The maximum absolute atomic E-state index is 12.2. The van der Waals surface area contributed by atoms with E-state index in [1.165, 1.54) is 6.42 Å². The van der Waals surface area contributed by atoms with Crippen LogP contribution in [0.4, 0.5) is 0 Å². The molecule has 2 aliphatic rings. The van der Waals surface area contributed by atoms with Gasteiger partial charge in [0.2, 0.25) is 0 Å². The van der Waals surface area contributed by atoms with E-state index in [-0.39, 0.29) is 20.9 Å². The number of alkyl halides is 1. The number of ether oxygens (including phenoxy) is 1. The molecule has 0 spiro atoms. The third-order valence-corrected chi connectivity index (χ3v) is 7.38. The summed E-state index contributed by atoms with van der Waals surface area (Å²) in [5.74, 6) is 0.460. The summed E-state index contributed by atoms with van der Waals surface area (Å²) in [7, 11) is 0. The van der Waals surface area contributed by atoms with Crippen molar-refractivity contribution in [2.75, 3.05) is 0 Å². The standard InChI is InChI=1S/C15H18INO2/c1-14-6-3-11(15(14,2)16)9-12(14)19-13(18)10-4-7-17-8-5-10/h4-5,7-8,11-12H,3,6,9H2,1-2H3. The number of nitrogens with zero attached hydrogens (tertiary/aromatic N) is 1. The van der Waals surface area contributed by atoms with Gasteiger partial charge in [0.15, 0.2) is 0 Å². The fourth-order valence-electron chi connectivity index (χ4n) is 3.65. The maximum atomic E-state index is 12.2. The minimum absolute atomic E-state index is 0.0498. The molecule has 0 radical (unpaired) electrons. The zero-order valence-corrected chi connectivity index (χ0v) is 13.4. The molecule has 1 aromatic heterocycles. The second kappa shape index (κ2) is 4.43. The Morgan fingerprint density at radius 2 is 2.11 bits per heavy atom. The second-order valence-electron chi connectivity index (χ2n) is 6.09. The third kappa shape index (κ3) is 1.90. The Hall–Kier alpha value is -0.650. The molecule has 3 nitrogen and oxygen atoms in total. The Morgan fingerprint density at radius 3 is 2.63 bits per heavy atom. The summed E-state index contributed by atoms with van der Waals surface area (Å²) in [4.78, 5) is 16.1. The summed E-state index contributed by atoms with van der Waals surface area (Å²) in [6.45, 7) is 4.59. The predicted octanol–water partition coefficient (Wildman–Crippen LogP) is 3.62. The van der Waals surface area contributed by atoms with Gasteiger partial charge in [-0.3, -0.25) is 4.98 Å². The van der Waals surface area contributed by atoms with Crippen molar-refractivity contribution >= 4 is 28.6 Å². The van der Waals surface area contributed by atoms with Crippen molar-refractivity contribution in [3.05, 3.63) is 30.1 Å². The van der Waals surface area contributed by atoms with Crippen LogP contribution in [0.25, 0.3) is 0 Å². The predicted molar refractivity (Wildman–Crippen MR) is 81.3 cm³/mol. The zero-order valence-electron chi connectivity index (χ0n) is 11.2. The fraction of sp³-hybridized carbons (Fsp3) is 0.600. The molecule has 4 atom stereocenters. The molecule has 1 aromatic rings. The van der Waals surface area contributed by atoms with Crippen LogP contribution in [0.2, 0.25) is 0 Å². The molecule has 4 unspecified atom stereocenters. The van der Waals surface area contributed by atoms with E-state index in [1.807, 2.05) is 0 Å². The molecule has 0 saturated heterocycles. The minimum Gasteiger partial charge on any atom is -0.458 e. The van der Waals surface area contributed by atoms with Gasteiger partial charge in [-0.15, -0.1) is 0 Å². The van der Waals surface area contributed by atoms with Crippen LogP contribution in [0.3, 0.4) is 0 Å². The van der Waals surface area contributed by atoms with Crippen LogP contribution in [0.1, 0.15) is 43.5 Å². The topological polar surface area (TPSA) is 39.2 Å². The van der Waals surface area contributed by atoms with Crippen LogP contribution in [-0.4, -0.2) is 20.5 Å². The van der Waals surface area contributed by atoms with Crippen molar-refractivity contribution < 1.29 is 9.53 Å². The lowest BCUT2D eigenvalue weighted by Gasteiger charge is -2.37. The summed E-state index contributed by atoms with van der Waals surface area (Å²) >= 11 is 2.57. The first kappa shape index (κ1) is 13.3. The molecule has 0 N–H and O–H groups in total. The molecule has 3 rings (SSSR count). The molecule has 2 aliphatic carbocycles. The number of hydrogen-bond donors (Lipinski definition) is 0. The molecule has 4 heteroatoms. The summed E-state index contributed by atoms with van der Waals surface area (Å²) in [6.07, 6.45) is 6.73. The number of aromatic nitrogens is 1. The van der Waals surface area contributed by atoms with Gasteiger partial charge in [-0.05, 0) is 44.2 Å². The van der Waals surface area contributed by atoms with Gasteiger partial charge in [-0.1, -0.05) is 29.5 Å². The van der Waals surface area contributed by atoms with Crippen LogP contribution in [-0.2, 0) is 4.74 Å². The van der Waals surface area contributed by atoms with E-state index in [1.54, 1.807) is 24.5 Å². The highest BCUT2D eigenvalue weighted by molar-refractivity contribution is 14.1. The summed E-state index contributed by atoms with van der Waals surface area (Å²) in [5, 5.41) is 0. The van der Waals surface area contributed by atoms with Gasteiger partial charge in [-0.25, -0.2) is 4.79 Å². The summed E-state index contributed by atoms with van der Waals surface area (Å²) in [6, 6.07) is 3.42.